The van der Waals surface area contributed by atoms with E-state index in [4.69, 9.17) is 9.63 Å². The molecule has 0 aromatic carbocycles. The zero-order chi connectivity index (χ0) is 10.6. The zero-order valence-corrected chi connectivity index (χ0v) is 8.28. The van der Waals surface area contributed by atoms with Crippen LogP contribution in [0.3, 0.4) is 0 Å². The van der Waals surface area contributed by atoms with Gasteiger partial charge < -0.3 is 14.9 Å². The molecule has 0 saturated heterocycles. The van der Waals surface area contributed by atoms with Crippen molar-refractivity contribution < 1.29 is 14.4 Å². The molecule has 0 aliphatic heterocycles. The number of aryl methyl sites for hydroxylation is 1. The number of carbonyl (C=O) groups excluding carboxylic acids is 1. The fourth-order valence-corrected chi connectivity index (χ4v) is 1.06. The first kappa shape index (κ1) is 10.7. The number of aliphatic hydroxyl groups excluding tert-OH is 1. The van der Waals surface area contributed by atoms with Crippen LogP contribution in [0.1, 0.15) is 29.5 Å². The zero-order valence-electron chi connectivity index (χ0n) is 8.28. The molecule has 1 aromatic heterocycles. The summed E-state index contributed by atoms with van der Waals surface area (Å²) in [5.41, 5.74) is 0.414. The van der Waals surface area contributed by atoms with Crippen LogP contribution < -0.4 is 5.32 Å². The first-order valence-electron chi connectivity index (χ1n) is 4.52. The van der Waals surface area contributed by atoms with Crippen LogP contribution in [0, 0.1) is 6.92 Å². The Hall–Kier alpha value is -1.36. The van der Waals surface area contributed by atoms with Crippen molar-refractivity contribution in [1.29, 1.82) is 0 Å². The first-order chi connectivity index (χ1) is 6.69. The van der Waals surface area contributed by atoms with Gasteiger partial charge in [0.2, 0.25) is 0 Å². The van der Waals surface area contributed by atoms with E-state index in [1.807, 2.05) is 6.92 Å². The van der Waals surface area contributed by atoms with E-state index in [0.29, 0.717) is 17.7 Å². The molecular weight excluding hydrogens is 184 g/mol. The second-order valence-electron chi connectivity index (χ2n) is 3.06. The molecule has 1 atom stereocenters. The average Bonchev–Trinajstić information content (AvgIpc) is 2.60. The number of aliphatic hydroxyl groups is 1. The smallest absolute Gasteiger partial charge is 0.256 e. The second kappa shape index (κ2) is 4.76. The number of nitrogens with zero attached hydrogens (tertiary/aromatic N) is 1. The summed E-state index contributed by atoms with van der Waals surface area (Å²) in [5.74, 6) is 0.222. The summed E-state index contributed by atoms with van der Waals surface area (Å²) in [6.07, 6.45) is 2.06. The molecule has 78 valence electrons. The maximum absolute atomic E-state index is 11.5. The summed E-state index contributed by atoms with van der Waals surface area (Å²) in [6, 6.07) is -0.211. The molecule has 0 aliphatic rings. The van der Waals surface area contributed by atoms with Crippen molar-refractivity contribution in [3.05, 3.63) is 17.5 Å². The Labute approximate surface area is 82.1 Å². The highest BCUT2D eigenvalue weighted by molar-refractivity contribution is 5.94. The third-order valence-electron chi connectivity index (χ3n) is 2.04. The minimum atomic E-state index is -0.260. The van der Waals surface area contributed by atoms with Crippen molar-refractivity contribution in [2.45, 2.75) is 26.3 Å². The fraction of sp³-hybridized carbons (Fsp3) is 0.556. The van der Waals surface area contributed by atoms with Crippen LogP contribution in [0.5, 0.6) is 0 Å². The molecule has 1 aromatic rings. The summed E-state index contributed by atoms with van der Waals surface area (Å²) in [6.45, 7) is 3.50. The van der Waals surface area contributed by atoms with Crippen molar-refractivity contribution in [3.63, 3.8) is 0 Å². The molecule has 0 spiro atoms. The van der Waals surface area contributed by atoms with Crippen LogP contribution in [-0.2, 0) is 0 Å². The topological polar surface area (TPSA) is 75.4 Å². The Morgan fingerprint density at radius 3 is 2.93 bits per heavy atom. The van der Waals surface area contributed by atoms with Gasteiger partial charge in [-0.25, -0.2) is 0 Å². The van der Waals surface area contributed by atoms with Gasteiger partial charge in [-0.3, -0.25) is 4.79 Å². The number of hydrogen-bond acceptors (Lipinski definition) is 4. The summed E-state index contributed by atoms with van der Waals surface area (Å²) >= 11 is 0. The van der Waals surface area contributed by atoms with Crippen molar-refractivity contribution in [3.8, 4) is 0 Å². The molecule has 0 saturated carbocycles. The number of carbonyl (C=O) groups is 1. The Morgan fingerprint density at radius 2 is 2.50 bits per heavy atom. The predicted octanol–water partition coefficient (Wildman–Crippen LogP) is 0.484. The van der Waals surface area contributed by atoms with E-state index in [2.05, 4.69) is 10.5 Å². The molecule has 5 heteroatoms. The van der Waals surface area contributed by atoms with E-state index in [9.17, 15) is 4.79 Å². The maximum Gasteiger partial charge on any atom is 0.256 e. The number of nitrogens with one attached hydrogen (secondary N) is 1. The molecule has 0 aliphatic carbocycles. The van der Waals surface area contributed by atoms with Gasteiger partial charge in [-0.05, 0) is 13.3 Å². The van der Waals surface area contributed by atoms with Gasteiger partial charge in [-0.15, -0.1) is 0 Å². The van der Waals surface area contributed by atoms with Crippen LogP contribution in [0.15, 0.2) is 10.7 Å². The minimum Gasteiger partial charge on any atom is -0.394 e. The molecule has 0 bridgehead atoms. The molecular formula is C9H14N2O3. The molecule has 1 heterocycles. The lowest BCUT2D eigenvalue weighted by Crippen LogP contribution is -2.37. The number of hydrogen-bond donors (Lipinski definition) is 2. The third-order valence-corrected chi connectivity index (χ3v) is 2.04. The lowest BCUT2D eigenvalue weighted by atomic mass is 10.2. The Morgan fingerprint density at radius 1 is 1.79 bits per heavy atom. The number of rotatable bonds is 4. The van der Waals surface area contributed by atoms with Gasteiger partial charge in [0.15, 0.2) is 0 Å². The highest BCUT2D eigenvalue weighted by atomic mass is 16.5. The summed E-state index contributed by atoms with van der Waals surface area (Å²) < 4.78 is 4.76. The highest BCUT2D eigenvalue weighted by Gasteiger charge is 2.15. The van der Waals surface area contributed by atoms with E-state index in [1.165, 1.54) is 6.20 Å². The van der Waals surface area contributed by atoms with Crippen LogP contribution in [0.2, 0.25) is 0 Å². The van der Waals surface area contributed by atoms with E-state index in [1.54, 1.807) is 6.92 Å². The molecule has 1 rings (SSSR count). The fourth-order valence-electron chi connectivity index (χ4n) is 1.06. The molecule has 14 heavy (non-hydrogen) atoms. The molecule has 5 nitrogen and oxygen atoms in total. The highest BCUT2D eigenvalue weighted by Crippen LogP contribution is 2.06. The molecule has 0 radical (unpaired) electrons. The maximum atomic E-state index is 11.5. The van der Waals surface area contributed by atoms with Crippen LogP contribution in [0.4, 0.5) is 0 Å². The van der Waals surface area contributed by atoms with E-state index in [0.717, 1.165) is 0 Å². The van der Waals surface area contributed by atoms with Gasteiger partial charge in [0.05, 0.1) is 18.8 Å². The lowest BCUT2D eigenvalue weighted by Gasteiger charge is -2.12. The Bertz CT molecular complexity index is 305. The van der Waals surface area contributed by atoms with E-state index in [-0.39, 0.29) is 18.6 Å². The quantitative estimate of drug-likeness (QED) is 0.738. The van der Waals surface area contributed by atoms with Gasteiger partial charge in [0.1, 0.15) is 11.3 Å². The van der Waals surface area contributed by atoms with Crippen molar-refractivity contribution in [2.75, 3.05) is 6.61 Å². The molecule has 1 amide bonds. The number of amides is 1. The van der Waals surface area contributed by atoms with Crippen LogP contribution in [-0.4, -0.2) is 28.8 Å². The monoisotopic (exact) mass is 198 g/mol. The van der Waals surface area contributed by atoms with Gasteiger partial charge in [0, 0.05) is 0 Å². The summed E-state index contributed by atoms with van der Waals surface area (Å²) in [4.78, 5) is 11.5. The Kier molecular flexibility index (Phi) is 3.64. The van der Waals surface area contributed by atoms with Gasteiger partial charge in [-0.1, -0.05) is 12.1 Å². The summed E-state index contributed by atoms with van der Waals surface area (Å²) in [7, 11) is 0. The Balaban J connectivity index is 2.63. The van der Waals surface area contributed by atoms with E-state index < -0.39 is 0 Å². The standard InChI is InChI=1S/C9H14N2O3/c1-3-7(5-12)11-9(13)8-4-10-14-6(8)2/h4,7,12H,3,5H2,1-2H3,(H,11,13). The average molecular weight is 198 g/mol. The molecule has 2 N–H and O–H groups in total. The largest absolute Gasteiger partial charge is 0.394 e. The van der Waals surface area contributed by atoms with Crippen LogP contribution >= 0.6 is 0 Å². The summed E-state index contributed by atoms with van der Waals surface area (Å²) in [5, 5.41) is 15.1. The predicted molar refractivity (Wildman–Crippen MR) is 49.9 cm³/mol. The van der Waals surface area contributed by atoms with Gasteiger partial charge in [-0.2, -0.15) is 0 Å². The minimum absolute atomic E-state index is 0.0629. The van der Waals surface area contributed by atoms with Crippen molar-refractivity contribution >= 4 is 5.91 Å². The third kappa shape index (κ3) is 2.32. The SMILES string of the molecule is CCC(CO)NC(=O)c1cnoc1C. The van der Waals surface area contributed by atoms with Gasteiger partial charge >= 0.3 is 0 Å². The van der Waals surface area contributed by atoms with Gasteiger partial charge in [0.25, 0.3) is 5.91 Å². The molecule has 0 fully saturated rings. The van der Waals surface area contributed by atoms with Crippen molar-refractivity contribution in [1.82, 2.24) is 10.5 Å². The second-order valence-corrected chi connectivity index (χ2v) is 3.06. The first-order valence-corrected chi connectivity index (χ1v) is 4.52. The van der Waals surface area contributed by atoms with E-state index >= 15 is 0 Å². The van der Waals surface area contributed by atoms with Crippen molar-refractivity contribution in [2.24, 2.45) is 0 Å². The number of aromatic nitrogens is 1. The molecule has 1 unspecified atom stereocenters. The normalized spacial score (nSPS) is 12.5. The van der Waals surface area contributed by atoms with Crippen LogP contribution in [0.25, 0.3) is 0 Å². The lowest BCUT2D eigenvalue weighted by molar-refractivity contribution is 0.0913.